The maximum atomic E-state index is 5.88. The molecule has 0 aromatic rings. The summed E-state index contributed by atoms with van der Waals surface area (Å²) in [6, 6.07) is 0.246. The average Bonchev–Trinajstić information content (AvgIpc) is 2.23. The summed E-state index contributed by atoms with van der Waals surface area (Å²) in [5.74, 6) is 1.02. The maximum Gasteiger partial charge on any atom is 0.00363 e. The van der Waals surface area contributed by atoms with Crippen molar-refractivity contribution in [2.75, 3.05) is 0 Å². The molecule has 0 rings (SSSR count). The fourth-order valence-corrected chi connectivity index (χ4v) is 1.61. The lowest BCUT2D eigenvalue weighted by Gasteiger charge is -2.21. The molecule has 0 saturated heterocycles. The van der Waals surface area contributed by atoms with E-state index in [1.807, 2.05) is 12.2 Å². The smallest absolute Gasteiger partial charge is 0.00363 e. The predicted octanol–water partition coefficient (Wildman–Crippen LogP) is 3.85. The SMILES string of the molecule is C=C/C=C\C(=C/C=C)C(C)CC(C)C(C)N. The van der Waals surface area contributed by atoms with Crippen LogP contribution in [0.15, 0.2) is 49.1 Å². The zero-order chi connectivity index (χ0) is 12.6. The molecule has 0 heterocycles. The molecule has 1 heteroatoms. The number of rotatable bonds is 7. The van der Waals surface area contributed by atoms with E-state index in [0.29, 0.717) is 11.8 Å². The first kappa shape index (κ1) is 14.9. The van der Waals surface area contributed by atoms with Crippen LogP contribution in [0.25, 0.3) is 0 Å². The van der Waals surface area contributed by atoms with Gasteiger partial charge >= 0.3 is 0 Å². The third-order valence-electron chi connectivity index (χ3n) is 2.93. The molecule has 0 radical (unpaired) electrons. The highest BCUT2D eigenvalue weighted by atomic mass is 14.6. The molecule has 2 N–H and O–H groups in total. The fourth-order valence-electron chi connectivity index (χ4n) is 1.61. The van der Waals surface area contributed by atoms with Gasteiger partial charge in [0.1, 0.15) is 0 Å². The van der Waals surface area contributed by atoms with E-state index in [-0.39, 0.29) is 6.04 Å². The van der Waals surface area contributed by atoms with Crippen molar-refractivity contribution in [3.05, 3.63) is 49.1 Å². The van der Waals surface area contributed by atoms with Crippen molar-refractivity contribution in [1.82, 2.24) is 0 Å². The largest absolute Gasteiger partial charge is 0.328 e. The van der Waals surface area contributed by atoms with Crippen LogP contribution in [0, 0.1) is 11.8 Å². The summed E-state index contributed by atoms with van der Waals surface area (Å²) < 4.78 is 0. The predicted molar refractivity (Wildman–Crippen MR) is 74.2 cm³/mol. The minimum Gasteiger partial charge on any atom is -0.328 e. The van der Waals surface area contributed by atoms with Crippen molar-refractivity contribution >= 4 is 0 Å². The van der Waals surface area contributed by atoms with Crippen LogP contribution in [0.2, 0.25) is 0 Å². The normalized spacial score (nSPS) is 18.1. The lowest BCUT2D eigenvalue weighted by molar-refractivity contribution is 0.401. The lowest BCUT2D eigenvalue weighted by Crippen LogP contribution is -2.25. The van der Waals surface area contributed by atoms with E-state index < -0.39 is 0 Å². The topological polar surface area (TPSA) is 26.0 Å². The minimum absolute atomic E-state index is 0.246. The summed E-state index contributed by atoms with van der Waals surface area (Å²) in [4.78, 5) is 0. The summed E-state index contributed by atoms with van der Waals surface area (Å²) in [7, 11) is 0. The highest BCUT2D eigenvalue weighted by Crippen LogP contribution is 2.22. The summed E-state index contributed by atoms with van der Waals surface area (Å²) >= 11 is 0. The van der Waals surface area contributed by atoms with Gasteiger partial charge in [0, 0.05) is 6.04 Å². The number of hydrogen-bond donors (Lipinski definition) is 1. The van der Waals surface area contributed by atoms with Gasteiger partial charge in [-0.15, -0.1) is 0 Å². The Hall–Kier alpha value is -1.08. The molecule has 0 aliphatic heterocycles. The van der Waals surface area contributed by atoms with Crippen LogP contribution in [0.3, 0.4) is 0 Å². The van der Waals surface area contributed by atoms with Gasteiger partial charge in [-0.1, -0.05) is 57.4 Å². The Bertz CT molecular complexity index is 271. The van der Waals surface area contributed by atoms with Crippen molar-refractivity contribution in [1.29, 1.82) is 0 Å². The minimum atomic E-state index is 0.246. The van der Waals surface area contributed by atoms with Crippen molar-refractivity contribution in [2.24, 2.45) is 17.6 Å². The van der Waals surface area contributed by atoms with Gasteiger partial charge in [0.25, 0.3) is 0 Å². The van der Waals surface area contributed by atoms with Crippen LogP contribution in [-0.4, -0.2) is 6.04 Å². The van der Waals surface area contributed by atoms with Crippen molar-refractivity contribution in [3.8, 4) is 0 Å². The number of hydrogen-bond acceptors (Lipinski definition) is 1. The van der Waals surface area contributed by atoms with Crippen LogP contribution >= 0.6 is 0 Å². The van der Waals surface area contributed by atoms with Gasteiger partial charge in [0.15, 0.2) is 0 Å². The van der Waals surface area contributed by atoms with Gasteiger partial charge in [0.05, 0.1) is 0 Å². The highest BCUT2D eigenvalue weighted by Gasteiger charge is 2.13. The second-order valence-corrected chi connectivity index (χ2v) is 4.47. The zero-order valence-electron chi connectivity index (χ0n) is 10.8. The van der Waals surface area contributed by atoms with Gasteiger partial charge in [0.2, 0.25) is 0 Å². The van der Waals surface area contributed by atoms with Crippen molar-refractivity contribution < 1.29 is 0 Å². The molecule has 16 heavy (non-hydrogen) atoms. The summed E-state index contributed by atoms with van der Waals surface area (Å²) in [5.41, 5.74) is 7.16. The third kappa shape index (κ3) is 5.72. The van der Waals surface area contributed by atoms with Crippen molar-refractivity contribution in [3.63, 3.8) is 0 Å². The first-order valence-corrected chi connectivity index (χ1v) is 5.90. The summed E-state index contributed by atoms with van der Waals surface area (Å²) in [5, 5.41) is 0. The van der Waals surface area contributed by atoms with Crippen LogP contribution in [0.5, 0.6) is 0 Å². The van der Waals surface area contributed by atoms with E-state index in [4.69, 9.17) is 5.73 Å². The molecule has 0 aliphatic rings. The highest BCUT2D eigenvalue weighted by molar-refractivity contribution is 5.27. The van der Waals surface area contributed by atoms with E-state index in [1.165, 1.54) is 5.57 Å². The van der Waals surface area contributed by atoms with Gasteiger partial charge in [-0.25, -0.2) is 0 Å². The molecule has 90 valence electrons. The molecular weight excluding hydrogens is 194 g/mol. The monoisotopic (exact) mass is 219 g/mol. The Kier molecular flexibility index (Phi) is 7.57. The van der Waals surface area contributed by atoms with Gasteiger partial charge in [-0.2, -0.15) is 0 Å². The molecule has 0 aliphatic carbocycles. The Balaban J connectivity index is 4.56. The molecule has 3 atom stereocenters. The number of allylic oxidation sites excluding steroid dienone is 6. The maximum absolute atomic E-state index is 5.88. The standard InChI is InChI=1S/C15H25N/c1-6-8-10-15(9-7-2)13(4)11-12(3)14(5)16/h6-10,12-14H,1-2,11,16H2,3-5H3/b10-8-,15-9+. The molecule has 0 fully saturated rings. The molecule has 0 aromatic carbocycles. The van der Waals surface area contributed by atoms with Crippen LogP contribution in [0.4, 0.5) is 0 Å². The van der Waals surface area contributed by atoms with Gasteiger partial charge in [-0.05, 0) is 30.8 Å². The average molecular weight is 219 g/mol. The second-order valence-electron chi connectivity index (χ2n) is 4.47. The third-order valence-corrected chi connectivity index (χ3v) is 2.93. The van der Waals surface area contributed by atoms with Crippen LogP contribution in [-0.2, 0) is 0 Å². The summed E-state index contributed by atoms with van der Waals surface area (Å²) in [6.45, 7) is 13.9. The molecule has 3 unspecified atom stereocenters. The second kappa shape index (κ2) is 8.12. The van der Waals surface area contributed by atoms with Gasteiger partial charge < -0.3 is 5.73 Å². The van der Waals surface area contributed by atoms with E-state index in [1.54, 1.807) is 6.08 Å². The molecular formula is C15H25N. The van der Waals surface area contributed by atoms with E-state index in [9.17, 15) is 0 Å². The molecule has 0 spiro atoms. The van der Waals surface area contributed by atoms with E-state index >= 15 is 0 Å². The Morgan fingerprint density at radius 2 is 1.81 bits per heavy atom. The molecule has 1 nitrogen and oxygen atoms in total. The zero-order valence-corrected chi connectivity index (χ0v) is 10.8. The molecule has 0 saturated carbocycles. The Morgan fingerprint density at radius 1 is 1.19 bits per heavy atom. The lowest BCUT2D eigenvalue weighted by atomic mass is 9.87. The molecule has 0 bridgehead atoms. The fraction of sp³-hybridized carbons (Fsp3) is 0.467. The van der Waals surface area contributed by atoms with Crippen LogP contribution < -0.4 is 5.73 Å². The first-order chi connectivity index (χ1) is 7.52. The molecule has 0 amide bonds. The van der Waals surface area contributed by atoms with Crippen molar-refractivity contribution in [2.45, 2.75) is 33.2 Å². The van der Waals surface area contributed by atoms with E-state index in [2.05, 4.69) is 46.1 Å². The Morgan fingerprint density at radius 3 is 2.25 bits per heavy atom. The number of nitrogens with two attached hydrogens (primary N) is 1. The van der Waals surface area contributed by atoms with Gasteiger partial charge in [-0.3, -0.25) is 0 Å². The molecule has 0 aromatic heterocycles. The quantitative estimate of drug-likeness (QED) is 0.647. The van der Waals surface area contributed by atoms with Crippen LogP contribution in [0.1, 0.15) is 27.2 Å². The van der Waals surface area contributed by atoms with E-state index in [0.717, 1.165) is 6.42 Å². The Labute approximate surface area is 100 Å². The summed E-state index contributed by atoms with van der Waals surface area (Å²) in [6.07, 6.45) is 10.8. The first-order valence-electron chi connectivity index (χ1n) is 5.90.